The Labute approximate surface area is 112 Å². The van der Waals surface area contributed by atoms with Crippen molar-refractivity contribution in [1.29, 1.82) is 0 Å². The van der Waals surface area contributed by atoms with Gasteiger partial charge in [-0.2, -0.15) is 0 Å². The lowest BCUT2D eigenvalue weighted by Crippen LogP contribution is -2.43. The molecular formula is C15H20N2S. The zero-order valence-corrected chi connectivity index (χ0v) is 11.7. The molecule has 0 radical (unpaired) electrons. The van der Waals surface area contributed by atoms with E-state index in [0.29, 0.717) is 0 Å². The maximum atomic E-state index is 6.51. The molecule has 0 bridgehead atoms. The average Bonchev–Trinajstić information content (AvgIpc) is 2.70. The molecule has 1 fully saturated rings. The Kier molecular flexibility index (Phi) is 3.12. The largest absolute Gasteiger partial charge is 0.325 e. The highest BCUT2D eigenvalue weighted by atomic mass is 32.1. The lowest BCUT2D eigenvalue weighted by atomic mass is 9.80. The molecule has 3 rings (SSSR count). The van der Waals surface area contributed by atoms with Crippen LogP contribution in [0.15, 0.2) is 18.2 Å². The first-order valence-corrected chi connectivity index (χ1v) is 7.61. The third-order valence-corrected chi connectivity index (χ3v) is 4.98. The van der Waals surface area contributed by atoms with Gasteiger partial charge in [-0.1, -0.05) is 25.3 Å². The molecule has 18 heavy (non-hydrogen) atoms. The van der Waals surface area contributed by atoms with Crippen LogP contribution in [-0.4, -0.2) is 10.5 Å². The van der Waals surface area contributed by atoms with Gasteiger partial charge in [-0.05, 0) is 37.5 Å². The monoisotopic (exact) mass is 260 g/mol. The van der Waals surface area contributed by atoms with Crippen molar-refractivity contribution >= 4 is 21.6 Å². The number of nitrogens with zero attached hydrogens (tertiary/aromatic N) is 1. The Morgan fingerprint density at radius 2 is 2.06 bits per heavy atom. The average molecular weight is 260 g/mol. The van der Waals surface area contributed by atoms with E-state index >= 15 is 0 Å². The normalized spacial score (nSPS) is 19.2. The van der Waals surface area contributed by atoms with Crippen molar-refractivity contribution < 1.29 is 0 Å². The third-order valence-electron chi connectivity index (χ3n) is 3.94. The summed E-state index contributed by atoms with van der Waals surface area (Å²) in [6.45, 7) is 2.12. The zero-order chi connectivity index (χ0) is 12.6. The first-order chi connectivity index (χ1) is 8.65. The number of hydrogen-bond donors (Lipinski definition) is 1. The predicted molar refractivity (Wildman–Crippen MR) is 78.1 cm³/mol. The highest BCUT2D eigenvalue weighted by Gasteiger charge is 2.28. The molecule has 0 amide bonds. The van der Waals surface area contributed by atoms with Gasteiger partial charge in [0.2, 0.25) is 0 Å². The molecule has 1 heterocycles. The van der Waals surface area contributed by atoms with E-state index in [1.807, 2.05) is 11.3 Å². The van der Waals surface area contributed by atoms with Crippen LogP contribution in [0.25, 0.3) is 10.2 Å². The van der Waals surface area contributed by atoms with Gasteiger partial charge in [0.15, 0.2) is 0 Å². The van der Waals surface area contributed by atoms with Crippen molar-refractivity contribution in [2.45, 2.75) is 51.0 Å². The van der Waals surface area contributed by atoms with E-state index in [1.54, 1.807) is 0 Å². The SMILES string of the molecule is Cc1ccc2sc(CC3(N)CCCCC3)nc2c1. The van der Waals surface area contributed by atoms with Gasteiger partial charge in [0, 0.05) is 12.0 Å². The van der Waals surface area contributed by atoms with Crippen LogP contribution >= 0.6 is 11.3 Å². The van der Waals surface area contributed by atoms with E-state index < -0.39 is 0 Å². The molecule has 0 saturated heterocycles. The molecule has 1 aliphatic carbocycles. The summed E-state index contributed by atoms with van der Waals surface area (Å²) >= 11 is 1.81. The van der Waals surface area contributed by atoms with Crippen molar-refractivity contribution in [3.8, 4) is 0 Å². The Morgan fingerprint density at radius 1 is 1.28 bits per heavy atom. The maximum absolute atomic E-state index is 6.51. The van der Waals surface area contributed by atoms with Crippen molar-refractivity contribution in [1.82, 2.24) is 4.98 Å². The molecule has 2 aromatic rings. The van der Waals surface area contributed by atoms with Gasteiger partial charge in [0.05, 0.1) is 15.2 Å². The fourth-order valence-corrected chi connectivity index (χ4v) is 4.00. The van der Waals surface area contributed by atoms with Crippen LogP contribution < -0.4 is 5.73 Å². The number of hydrogen-bond acceptors (Lipinski definition) is 3. The summed E-state index contributed by atoms with van der Waals surface area (Å²) in [6.07, 6.45) is 7.16. The summed E-state index contributed by atoms with van der Waals surface area (Å²) in [7, 11) is 0. The third kappa shape index (κ3) is 2.43. The van der Waals surface area contributed by atoms with Crippen LogP contribution in [-0.2, 0) is 6.42 Å². The Hall–Kier alpha value is -0.930. The van der Waals surface area contributed by atoms with E-state index in [1.165, 1.54) is 34.5 Å². The topological polar surface area (TPSA) is 38.9 Å². The zero-order valence-electron chi connectivity index (χ0n) is 10.9. The van der Waals surface area contributed by atoms with Crippen molar-refractivity contribution in [2.24, 2.45) is 5.73 Å². The lowest BCUT2D eigenvalue weighted by Gasteiger charge is -2.32. The van der Waals surface area contributed by atoms with E-state index in [0.717, 1.165) is 24.8 Å². The minimum absolute atomic E-state index is 0.00116. The van der Waals surface area contributed by atoms with Gasteiger partial charge in [0.1, 0.15) is 0 Å². The quantitative estimate of drug-likeness (QED) is 0.891. The summed E-state index contributed by atoms with van der Waals surface area (Å²) in [5.41, 5.74) is 8.92. The first-order valence-electron chi connectivity index (χ1n) is 6.80. The molecule has 2 nitrogen and oxygen atoms in total. The molecule has 1 aromatic carbocycles. The highest BCUT2D eigenvalue weighted by molar-refractivity contribution is 7.18. The van der Waals surface area contributed by atoms with E-state index in [4.69, 9.17) is 10.7 Å². The summed E-state index contributed by atoms with van der Waals surface area (Å²) in [6, 6.07) is 6.50. The molecule has 1 aromatic heterocycles. The van der Waals surface area contributed by atoms with E-state index in [-0.39, 0.29) is 5.54 Å². The highest BCUT2D eigenvalue weighted by Crippen LogP contribution is 2.32. The molecule has 0 spiro atoms. The second-order valence-corrected chi connectivity index (χ2v) is 6.79. The minimum Gasteiger partial charge on any atom is -0.325 e. The van der Waals surface area contributed by atoms with Crippen LogP contribution in [0.4, 0.5) is 0 Å². The smallest absolute Gasteiger partial charge is 0.0956 e. The Balaban J connectivity index is 1.86. The fraction of sp³-hybridized carbons (Fsp3) is 0.533. The number of benzene rings is 1. The van der Waals surface area contributed by atoms with Crippen molar-refractivity contribution in [3.05, 3.63) is 28.8 Å². The van der Waals surface area contributed by atoms with E-state index in [2.05, 4.69) is 25.1 Å². The molecule has 1 aliphatic rings. The Bertz CT molecular complexity index is 553. The molecule has 0 atom stereocenters. The van der Waals surface area contributed by atoms with Gasteiger partial charge >= 0.3 is 0 Å². The van der Waals surface area contributed by atoms with Crippen molar-refractivity contribution in [3.63, 3.8) is 0 Å². The summed E-state index contributed by atoms with van der Waals surface area (Å²) in [5, 5.41) is 1.21. The maximum Gasteiger partial charge on any atom is 0.0956 e. The van der Waals surface area contributed by atoms with Gasteiger partial charge in [-0.25, -0.2) is 4.98 Å². The second-order valence-electron chi connectivity index (χ2n) is 5.68. The molecule has 0 unspecified atom stereocenters. The lowest BCUT2D eigenvalue weighted by molar-refractivity contribution is 0.294. The molecule has 3 heteroatoms. The molecular weight excluding hydrogens is 240 g/mol. The van der Waals surface area contributed by atoms with Crippen LogP contribution in [0.1, 0.15) is 42.7 Å². The van der Waals surface area contributed by atoms with Crippen LogP contribution in [0.2, 0.25) is 0 Å². The number of fused-ring (bicyclic) bond motifs is 1. The van der Waals surface area contributed by atoms with Gasteiger partial charge < -0.3 is 5.73 Å². The minimum atomic E-state index is 0.00116. The molecule has 1 saturated carbocycles. The molecule has 2 N–H and O–H groups in total. The van der Waals surface area contributed by atoms with Crippen LogP contribution in [0.3, 0.4) is 0 Å². The van der Waals surface area contributed by atoms with Crippen LogP contribution in [0, 0.1) is 6.92 Å². The molecule has 0 aliphatic heterocycles. The van der Waals surface area contributed by atoms with E-state index in [9.17, 15) is 0 Å². The van der Waals surface area contributed by atoms with Gasteiger partial charge in [-0.15, -0.1) is 11.3 Å². The number of thiazole rings is 1. The van der Waals surface area contributed by atoms with Crippen molar-refractivity contribution in [2.75, 3.05) is 0 Å². The summed E-state index contributed by atoms with van der Waals surface area (Å²) in [5.74, 6) is 0. The van der Waals surface area contributed by atoms with Crippen LogP contribution in [0.5, 0.6) is 0 Å². The predicted octanol–water partition coefficient (Wildman–Crippen LogP) is 3.81. The number of aryl methyl sites for hydroxylation is 1. The standard InChI is InChI=1S/C15H20N2S/c1-11-5-6-13-12(9-11)17-14(18-13)10-15(16)7-3-2-4-8-15/h5-6,9H,2-4,7-8,10,16H2,1H3. The number of rotatable bonds is 2. The summed E-state index contributed by atoms with van der Waals surface area (Å²) < 4.78 is 1.29. The number of aromatic nitrogens is 1. The second kappa shape index (κ2) is 4.63. The number of nitrogens with two attached hydrogens (primary N) is 1. The Morgan fingerprint density at radius 3 is 2.83 bits per heavy atom. The van der Waals surface area contributed by atoms with Gasteiger partial charge in [-0.3, -0.25) is 0 Å². The molecule has 96 valence electrons. The fourth-order valence-electron chi connectivity index (χ4n) is 2.89. The summed E-state index contributed by atoms with van der Waals surface area (Å²) in [4.78, 5) is 4.75. The van der Waals surface area contributed by atoms with Gasteiger partial charge in [0.25, 0.3) is 0 Å². The first kappa shape index (κ1) is 12.1.